The molecule has 3 aromatic carbocycles. The van der Waals surface area contributed by atoms with Crippen molar-refractivity contribution in [2.75, 3.05) is 11.9 Å². The quantitative estimate of drug-likeness (QED) is 0.582. The molecule has 5 nitrogen and oxygen atoms in total. The van der Waals surface area contributed by atoms with Crippen molar-refractivity contribution in [1.82, 2.24) is 0 Å². The van der Waals surface area contributed by atoms with Crippen LogP contribution < -0.4 is 10.1 Å². The Morgan fingerprint density at radius 3 is 2.47 bits per heavy atom. The summed E-state index contributed by atoms with van der Waals surface area (Å²) >= 11 is 0. The van der Waals surface area contributed by atoms with Gasteiger partial charge < -0.3 is 14.8 Å². The molecule has 0 radical (unpaired) electrons. The van der Waals surface area contributed by atoms with Gasteiger partial charge in [-0.25, -0.2) is 0 Å². The van der Waals surface area contributed by atoms with Gasteiger partial charge in [-0.15, -0.1) is 0 Å². The van der Waals surface area contributed by atoms with Gasteiger partial charge in [0.2, 0.25) is 0 Å². The topological polar surface area (TPSA) is 64.6 Å². The number of fused-ring (bicyclic) bond motifs is 2. The van der Waals surface area contributed by atoms with Crippen molar-refractivity contribution in [3.05, 3.63) is 89.0 Å². The van der Waals surface area contributed by atoms with Crippen LogP contribution in [0.4, 0.5) is 5.69 Å². The Kier molecular flexibility index (Phi) is 5.80. The average Bonchev–Trinajstić information content (AvgIpc) is 2.90. The summed E-state index contributed by atoms with van der Waals surface area (Å²) in [5.74, 6) is 0.838. The van der Waals surface area contributed by atoms with Crippen LogP contribution in [0.25, 0.3) is 0 Å². The Hall–Kier alpha value is -3.60. The highest BCUT2D eigenvalue weighted by molar-refractivity contribution is 6.08. The number of carbonyl (C=O) groups is 2. The molecule has 5 heteroatoms. The second kappa shape index (κ2) is 8.82. The second-order valence-corrected chi connectivity index (χ2v) is 7.14. The van der Waals surface area contributed by atoms with E-state index in [0.717, 1.165) is 16.7 Å². The monoisotopic (exact) mass is 401 g/mol. The van der Waals surface area contributed by atoms with E-state index in [1.807, 2.05) is 61.5 Å². The zero-order valence-corrected chi connectivity index (χ0v) is 16.8. The van der Waals surface area contributed by atoms with E-state index in [2.05, 4.69) is 5.32 Å². The van der Waals surface area contributed by atoms with Crippen LogP contribution in [0.5, 0.6) is 11.5 Å². The Morgan fingerprint density at radius 2 is 1.67 bits per heavy atom. The predicted molar refractivity (Wildman–Crippen MR) is 115 cm³/mol. The first-order valence-corrected chi connectivity index (χ1v) is 10.1. The highest BCUT2D eigenvalue weighted by Gasteiger charge is 2.22. The lowest BCUT2D eigenvalue weighted by Crippen LogP contribution is -2.11. The number of ether oxygens (including phenoxy) is 2. The molecule has 4 rings (SSSR count). The third-order valence-corrected chi connectivity index (χ3v) is 5.04. The fourth-order valence-electron chi connectivity index (χ4n) is 3.52. The number of esters is 1. The summed E-state index contributed by atoms with van der Waals surface area (Å²) in [5.41, 5.74) is 4.40. The molecule has 152 valence electrons. The van der Waals surface area contributed by atoms with Gasteiger partial charge in [0.25, 0.3) is 5.91 Å². The van der Waals surface area contributed by atoms with Gasteiger partial charge in [0, 0.05) is 6.42 Å². The Labute approximate surface area is 175 Å². The van der Waals surface area contributed by atoms with E-state index in [1.165, 1.54) is 0 Å². The normalized spacial score (nSPS) is 12.1. The number of nitrogens with one attached hydrogen (secondary N) is 1. The molecule has 0 aliphatic carbocycles. The number of carbonyl (C=O) groups excluding carboxylic acids is 2. The van der Waals surface area contributed by atoms with Crippen molar-refractivity contribution >= 4 is 17.6 Å². The largest absolute Gasteiger partial charge is 0.466 e. The smallest absolute Gasteiger partial charge is 0.306 e. The number of rotatable bonds is 6. The van der Waals surface area contributed by atoms with E-state index < -0.39 is 0 Å². The van der Waals surface area contributed by atoms with E-state index in [4.69, 9.17) is 9.47 Å². The molecule has 0 saturated carbocycles. The first kappa shape index (κ1) is 19.7. The molecule has 0 unspecified atom stereocenters. The molecule has 0 atom stereocenters. The van der Waals surface area contributed by atoms with E-state index in [0.29, 0.717) is 48.6 Å². The average molecular weight is 401 g/mol. The van der Waals surface area contributed by atoms with Gasteiger partial charge in [-0.1, -0.05) is 48.5 Å². The zero-order valence-electron chi connectivity index (χ0n) is 16.8. The maximum Gasteiger partial charge on any atom is 0.306 e. The van der Waals surface area contributed by atoms with Crippen molar-refractivity contribution in [1.29, 1.82) is 0 Å². The van der Waals surface area contributed by atoms with E-state index in [1.54, 1.807) is 12.1 Å². The number of benzene rings is 3. The summed E-state index contributed by atoms with van der Waals surface area (Å²) in [7, 11) is 0. The molecule has 1 aliphatic rings. The van der Waals surface area contributed by atoms with E-state index in [-0.39, 0.29) is 11.9 Å². The lowest BCUT2D eigenvalue weighted by Gasteiger charge is -2.13. The fourth-order valence-corrected chi connectivity index (χ4v) is 3.52. The minimum atomic E-state index is -0.176. The van der Waals surface area contributed by atoms with Crippen LogP contribution in [-0.4, -0.2) is 18.5 Å². The standard InChI is InChI=1S/C25H23NO4/c1-2-29-23(27)15-14-17-10-12-18(13-11-17)16-19-6-5-9-22-24(19)26-25(28)20-7-3-4-8-21(20)30-22/h3-13H,2,14-16H2,1H3,(H,26,28). The molecule has 1 aliphatic heterocycles. The molecule has 0 spiro atoms. The summed E-state index contributed by atoms with van der Waals surface area (Å²) in [6.45, 7) is 2.22. The first-order chi connectivity index (χ1) is 14.6. The SMILES string of the molecule is CCOC(=O)CCc1ccc(Cc2cccc3c2NC(=O)c2ccccc2O3)cc1. The molecule has 0 aromatic heterocycles. The molecule has 1 heterocycles. The number of aryl methyl sites for hydroxylation is 1. The van der Waals surface area contributed by atoms with Crippen LogP contribution >= 0.6 is 0 Å². The predicted octanol–water partition coefficient (Wildman–Crippen LogP) is 5.13. The molecule has 30 heavy (non-hydrogen) atoms. The van der Waals surface area contributed by atoms with Crippen molar-refractivity contribution < 1.29 is 19.1 Å². The Bertz CT molecular complexity index is 1070. The van der Waals surface area contributed by atoms with Crippen LogP contribution in [0.1, 0.15) is 40.4 Å². The third kappa shape index (κ3) is 4.35. The van der Waals surface area contributed by atoms with E-state index in [9.17, 15) is 9.59 Å². The summed E-state index contributed by atoms with van der Waals surface area (Å²) in [6.07, 6.45) is 1.69. The molecule has 0 fully saturated rings. The van der Waals surface area contributed by atoms with Crippen molar-refractivity contribution in [2.24, 2.45) is 0 Å². The van der Waals surface area contributed by atoms with Gasteiger partial charge in [0.1, 0.15) is 5.75 Å². The molecular weight excluding hydrogens is 378 g/mol. The lowest BCUT2D eigenvalue weighted by molar-refractivity contribution is -0.143. The molecule has 0 saturated heterocycles. The van der Waals surface area contributed by atoms with Crippen LogP contribution in [0, 0.1) is 0 Å². The van der Waals surface area contributed by atoms with Crippen LogP contribution in [0.3, 0.4) is 0 Å². The summed E-state index contributed by atoms with van der Waals surface area (Å²) in [6, 6.07) is 21.2. The van der Waals surface area contributed by atoms with Gasteiger partial charge in [-0.2, -0.15) is 0 Å². The summed E-state index contributed by atoms with van der Waals surface area (Å²) in [5, 5.41) is 3.01. The van der Waals surface area contributed by atoms with Crippen molar-refractivity contribution in [2.45, 2.75) is 26.2 Å². The second-order valence-electron chi connectivity index (χ2n) is 7.14. The number of hydrogen-bond acceptors (Lipinski definition) is 4. The number of para-hydroxylation sites is 2. The van der Waals surface area contributed by atoms with Gasteiger partial charge in [0.15, 0.2) is 5.75 Å². The van der Waals surface area contributed by atoms with E-state index >= 15 is 0 Å². The van der Waals surface area contributed by atoms with Gasteiger partial charge in [-0.3, -0.25) is 9.59 Å². The number of anilines is 1. The molecular formula is C25H23NO4. The van der Waals surface area contributed by atoms with Crippen molar-refractivity contribution in [3.63, 3.8) is 0 Å². The maximum atomic E-state index is 12.7. The van der Waals surface area contributed by atoms with Gasteiger partial charge in [-0.05, 0) is 54.7 Å². The first-order valence-electron chi connectivity index (χ1n) is 10.1. The fraction of sp³-hybridized carbons (Fsp3) is 0.200. The van der Waals surface area contributed by atoms with Crippen molar-refractivity contribution in [3.8, 4) is 11.5 Å². The molecule has 3 aromatic rings. The Morgan fingerprint density at radius 1 is 0.933 bits per heavy atom. The number of hydrogen-bond donors (Lipinski definition) is 1. The summed E-state index contributed by atoms with van der Waals surface area (Å²) < 4.78 is 11.0. The van der Waals surface area contributed by atoms with Gasteiger partial charge in [0.05, 0.1) is 17.9 Å². The Balaban J connectivity index is 1.51. The zero-order chi connectivity index (χ0) is 20.9. The summed E-state index contributed by atoms with van der Waals surface area (Å²) in [4.78, 5) is 24.2. The van der Waals surface area contributed by atoms with Gasteiger partial charge >= 0.3 is 5.97 Å². The van der Waals surface area contributed by atoms with Crippen LogP contribution in [0.2, 0.25) is 0 Å². The number of amides is 1. The lowest BCUT2D eigenvalue weighted by atomic mass is 10.00. The highest BCUT2D eigenvalue weighted by Crippen LogP contribution is 2.38. The van der Waals surface area contributed by atoms with Crippen LogP contribution in [0.15, 0.2) is 66.7 Å². The minimum Gasteiger partial charge on any atom is -0.466 e. The third-order valence-electron chi connectivity index (χ3n) is 5.04. The molecule has 0 bridgehead atoms. The maximum absolute atomic E-state index is 12.7. The van der Waals surface area contributed by atoms with Crippen LogP contribution in [-0.2, 0) is 22.4 Å². The highest BCUT2D eigenvalue weighted by atomic mass is 16.5. The molecule has 1 amide bonds. The minimum absolute atomic E-state index is 0.175. The molecule has 1 N–H and O–H groups in total.